The average Bonchev–Trinajstić information content (AvgIpc) is 3.38. The molecule has 0 amide bonds. The Labute approximate surface area is 243 Å². The Balaban J connectivity index is 1.09. The van der Waals surface area contributed by atoms with Crippen molar-refractivity contribution in [1.29, 1.82) is 0 Å². The molecule has 3 aromatic rings. The topological polar surface area (TPSA) is 64.8 Å². The van der Waals surface area contributed by atoms with Crippen LogP contribution in [0.15, 0.2) is 40.9 Å². The predicted molar refractivity (Wildman–Crippen MR) is 152 cm³/mol. The molecule has 212 valence electrons. The zero-order valence-electron chi connectivity index (χ0n) is 22.5. The number of fused-ring (bicyclic) bond motifs is 2. The number of aryl methyl sites for hydroxylation is 1. The van der Waals surface area contributed by atoms with E-state index in [2.05, 4.69) is 10.1 Å². The Bertz CT molecular complexity index is 1370. The van der Waals surface area contributed by atoms with Crippen molar-refractivity contribution in [2.75, 3.05) is 18.1 Å². The van der Waals surface area contributed by atoms with Crippen LogP contribution in [-0.4, -0.2) is 36.4 Å². The van der Waals surface area contributed by atoms with E-state index in [0.29, 0.717) is 71.3 Å². The Morgan fingerprint density at radius 1 is 1.18 bits per heavy atom. The van der Waals surface area contributed by atoms with Gasteiger partial charge in [-0.05, 0) is 75.3 Å². The molecule has 9 heteroatoms. The number of rotatable bonds is 11. The highest BCUT2D eigenvalue weighted by atomic mass is 35.5. The number of esters is 1. The number of hydrogen-bond acceptors (Lipinski definition) is 6. The molecule has 3 atom stereocenters. The molecule has 1 aliphatic heterocycles. The molecule has 3 fully saturated rings. The molecule has 1 aromatic heterocycles. The second-order valence-corrected chi connectivity index (χ2v) is 11.9. The van der Waals surface area contributed by atoms with E-state index in [0.717, 1.165) is 49.1 Å². The number of nitrogens with zero attached hydrogens (tertiary/aromatic N) is 2. The van der Waals surface area contributed by atoms with Crippen LogP contribution in [0.4, 0.5) is 10.1 Å². The lowest BCUT2D eigenvalue weighted by Crippen LogP contribution is -2.39. The van der Waals surface area contributed by atoms with Crippen LogP contribution in [0.1, 0.15) is 68.3 Å². The number of piperidine rings is 1. The average molecular weight is 588 g/mol. The van der Waals surface area contributed by atoms with Gasteiger partial charge in [-0.15, -0.1) is 0 Å². The third-order valence-corrected chi connectivity index (χ3v) is 8.99. The number of carbonyl (C=O) groups is 1. The minimum absolute atomic E-state index is 0.0861. The zero-order chi connectivity index (χ0) is 27.8. The van der Waals surface area contributed by atoms with E-state index in [4.69, 9.17) is 37.2 Å². The summed E-state index contributed by atoms with van der Waals surface area (Å²) in [5, 5.41) is 5.44. The molecule has 0 N–H and O–H groups in total. The quantitative estimate of drug-likeness (QED) is 0.214. The van der Waals surface area contributed by atoms with Crippen LogP contribution in [0, 0.1) is 11.7 Å². The van der Waals surface area contributed by atoms with Crippen molar-refractivity contribution < 1.29 is 23.2 Å². The van der Waals surface area contributed by atoms with Gasteiger partial charge < -0.3 is 18.9 Å². The summed E-state index contributed by atoms with van der Waals surface area (Å²) in [6.07, 6.45) is 5.70. The van der Waals surface area contributed by atoms with E-state index in [1.54, 1.807) is 25.1 Å². The van der Waals surface area contributed by atoms with Crippen molar-refractivity contribution in [2.45, 2.75) is 76.5 Å². The molecule has 0 spiro atoms. The summed E-state index contributed by atoms with van der Waals surface area (Å²) in [5.41, 5.74) is 3.81. The maximum absolute atomic E-state index is 15.2. The smallest absolute Gasteiger partial charge is 0.305 e. The standard InChI is InChI=1S/C31H33Cl2FN2O4/c1-2-38-28(37)8-3-5-18-9-12-26(25(34)13-18)36-16-20-14-21(36)15-27(20)39-17-22-30(35-40-31(22)19-10-11-19)29-23(32)6-4-7-24(29)33/h4,6-7,9,12-13,19-21,27H,2-3,5,8,10-11,14-17H2,1H3/t20-,21-,27+/m0/s1. The number of hydrogen-bond donors (Lipinski definition) is 0. The van der Waals surface area contributed by atoms with E-state index in [1.165, 1.54) is 0 Å². The van der Waals surface area contributed by atoms with Crippen molar-refractivity contribution >= 4 is 34.9 Å². The summed E-state index contributed by atoms with van der Waals surface area (Å²) in [6.45, 7) is 3.32. The summed E-state index contributed by atoms with van der Waals surface area (Å²) in [4.78, 5) is 13.8. The molecule has 3 aliphatic rings. The van der Waals surface area contributed by atoms with Crippen molar-refractivity contribution in [3.8, 4) is 11.3 Å². The third-order valence-electron chi connectivity index (χ3n) is 8.36. The molecule has 1 saturated heterocycles. The highest BCUT2D eigenvalue weighted by Crippen LogP contribution is 2.47. The van der Waals surface area contributed by atoms with Gasteiger partial charge in [-0.25, -0.2) is 4.39 Å². The molecular formula is C31H33Cl2FN2O4. The molecule has 0 radical (unpaired) electrons. The van der Waals surface area contributed by atoms with E-state index in [9.17, 15) is 4.79 Å². The highest BCUT2D eigenvalue weighted by molar-refractivity contribution is 6.39. The van der Waals surface area contributed by atoms with Gasteiger partial charge in [0.05, 0.1) is 35.1 Å². The Kier molecular flexibility index (Phi) is 8.07. The van der Waals surface area contributed by atoms with Gasteiger partial charge >= 0.3 is 5.97 Å². The number of halogens is 3. The minimum atomic E-state index is -0.210. The highest BCUT2D eigenvalue weighted by Gasteiger charge is 2.46. The molecular weight excluding hydrogens is 554 g/mol. The molecule has 2 aromatic carbocycles. The minimum Gasteiger partial charge on any atom is -0.466 e. The first-order valence-electron chi connectivity index (χ1n) is 14.2. The fourth-order valence-corrected chi connectivity index (χ4v) is 6.83. The molecule has 2 heterocycles. The summed E-state index contributed by atoms with van der Waals surface area (Å²) >= 11 is 13.0. The van der Waals surface area contributed by atoms with Crippen LogP contribution in [0.3, 0.4) is 0 Å². The molecule has 6 nitrogen and oxygen atoms in total. The van der Waals surface area contributed by atoms with Gasteiger partial charge in [-0.2, -0.15) is 0 Å². The van der Waals surface area contributed by atoms with Crippen molar-refractivity contribution in [3.63, 3.8) is 0 Å². The lowest BCUT2D eigenvalue weighted by Gasteiger charge is -2.33. The SMILES string of the molecule is CCOC(=O)CCCc1ccc(N2C[C@@H]3C[C@H]2C[C@H]3OCc2c(-c3c(Cl)cccc3Cl)noc2C2CC2)c(F)c1. The Morgan fingerprint density at radius 3 is 2.65 bits per heavy atom. The monoisotopic (exact) mass is 586 g/mol. The number of anilines is 1. The zero-order valence-corrected chi connectivity index (χ0v) is 24.0. The lowest BCUT2D eigenvalue weighted by molar-refractivity contribution is -0.143. The number of benzene rings is 2. The predicted octanol–water partition coefficient (Wildman–Crippen LogP) is 7.73. The fraction of sp³-hybridized carbons (Fsp3) is 0.484. The summed E-state index contributed by atoms with van der Waals surface area (Å²) < 4.78 is 32.4. The van der Waals surface area contributed by atoms with Gasteiger partial charge in [0, 0.05) is 42.0 Å². The third kappa shape index (κ3) is 5.61. The largest absolute Gasteiger partial charge is 0.466 e. The van der Waals surface area contributed by atoms with Crippen molar-refractivity contribution in [3.05, 3.63) is 69.1 Å². The van der Waals surface area contributed by atoms with Gasteiger partial charge in [0.25, 0.3) is 0 Å². The van der Waals surface area contributed by atoms with Gasteiger partial charge in [0.15, 0.2) is 0 Å². The molecule has 2 bridgehead atoms. The second kappa shape index (κ2) is 11.7. The van der Waals surface area contributed by atoms with E-state index in [1.807, 2.05) is 18.2 Å². The van der Waals surface area contributed by atoms with Crippen LogP contribution < -0.4 is 4.90 Å². The van der Waals surface area contributed by atoms with Crippen LogP contribution in [0.25, 0.3) is 11.3 Å². The fourth-order valence-electron chi connectivity index (χ4n) is 6.25. The van der Waals surface area contributed by atoms with Crippen LogP contribution >= 0.6 is 23.2 Å². The lowest BCUT2D eigenvalue weighted by atomic mass is 10.0. The van der Waals surface area contributed by atoms with E-state index in [-0.39, 0.29) is 23.9 Å². The number of aromatic nitrogens is 1. The first-order chi connectivity index (χ1) is 19.4. The summed E-state index contributed by atoms with van der Waals surface area (Å²) in [7, 11) is 0. The number of carbonyl (C=O) groups excluding carboxylic acids is 1. The molecule has 2 aliphatic carbocycles. The van der Waals surface area contributed by atoms with E-state index >= 15 is 4.39 Å². The molecule has 40 heavy (non-hydrogen) atoms. The van der Waals surface area contributed by atoms with Gasteiger partial charge in [-0.1, -0.05) is 40.5 Å². The Morgan fingerprint density at radius 2 is 1.98 bits per heavy atom. The second-order valence-electron chi connectivity index (χ2n) is 11.1. The van der Waals surface area contributed by atoms with E-state index < -0.39 is 0 Å². The molecule has 2 saturated carbocycles. The van der Waals surface area contributed by atoms with Gasteiger partial charge in [0.1, 0.15) is 17.3 Å². The maximum Gasteiger partial charge on any atom is 0.305 e. The van der Waals surface area contributed by atoms with Crippen LogP contribution in [-0.2, 0) is 27.3 Å². The van der Waals surface area contributed by atoms with Crippen molar-refractivity contribution in [1.82, 2.24) is 5.16 Å². The first kappa shape index (κ1) is 27.6. The maximum atomic E-state index is 15.2. The Hall–Kier alpha value is -2.61. The van der Waals surface area contributed by atoms with Gasteiger partial charge in [-0.3, -0.25) is 4.79 Å². The first-order valence-corrected chi connectivity index (χ1v) is 14.9. The van der Waals surface area contributed by atoms with Crippen molar-refractivity contribution in [2.24, 2.45) is 5.92 Å². The summed E-state index contributed by atoms with van der Waals surface area (Å²) in [5.74, 6) is 1.15. The normalized spacial score (nSPS) is 21.8. The van der Waals surface area contributed by atoms with Crippen LogP contribution in [0.2, 0.25) is 10.0 Å². The van der Waals surface area contributed by atoms with Crippen LogP contribution in [0.5, 0.6) is 0 Å². The number of ether oxygens (including phenoxy) is 2. The summed E-state index contributed by atoms with van der Waals surface area (Å²) in [6, 6.07) is 11.1. The molecule has 6 rings (SSSR count). The molecule has 0 unspecified atom stereocenters. The van der Waals surface area contributed by atoms with Gasteiger partial charge in [0.2, 0.25) is 0 Å².